The van der Waals surface area contributed by atoms with E-state index in [1.54, 1.807) is 24.3 Å². The summed E-state index contributed by atoms with van der Waals surface area (Å²) in [6.07, 6.45) is 0.988. The van der Waals surface area contributed by atoms with E-state index in [2.05, 4.69) is 10.6 Å². The van der Waals surface area contributed by atoms with Crippen molar-refractivity contribution < 1.29 is 18.4 Å². The highest BCUT2D eigenvalue weighted by Crippen LogP contribution is 2.22. The van der Waals surface area contributed by atoms with Crippen molar-refractivity contribution >= 4 is 11.8 Å². The van der Waals surface area contributed by atoms with Crippen LogP contribution in [0.4, 0.5) is 8.78 Å². The van der Waals surface area contributed by atoms with Crippen molar-refractivity contribution in [1.29, 1.82) is 0 Å². The molecule has 0 saturated carbocycles. The summed E-state index contributed by atoms with van der Waals surface area (Å²) in [6.45, 7) is 2.33. The number of nitrogens with one attached hydrogen (secondary N) is 2. The third-order valence-corrected chi connectivity index (χ3v) is 3.97. The molecule has 0 spiro atoms. The number of hydrogen-bond acceptors (Lipinski definition) is 2. The number of hydrogen-bond donors (Lipinski definition) is 2. The summed E-state index contributed by atoms with van der Waals surface area (Å²) in [4.78, 5) is 23.5. The van der Waals surface area contributed by atoms with Crippen LogP contribution < -0.4 is 10.6 Å². The molecule has 2 N–H and O–H groups in total. The van der Waals surface area contributed by atoms with Crippen molar-refractivity contribution in [2.45, 2.75) is 25.7 Å². The minimum atomic E-state index is -0.512. The summed E-state index contributed by atoms with van der Waals surface area (Å²) in [7, 11) is 0. The lowest BCUT2D eigenvalue weighted by atomic mass is 9.91. The molecule has 2 amide bonds. The van der Waals surface area contributed by atoms with Gasteiger partial charge in [0.25, 0.3) is 0 Å². The van der Waals surface area contributed by atoms with Gasteiger partial charge in [0.1, 0.15) is 11.6 Å². The number of rotatable bonds is 8. The van der Waals surface area contributed by atoms with E-state index in [9.17, 15) is 18.4 Å². The van der Waals surface area contributed by atoms with Crippen LogP contribution in [-0.2, 0) is 16.0 Å². The zero-order valence-electron chi connectivity index (χ0n) is 14.6. The molecule has 0 saturated heterocycles. The van der Waals surface area contributed by atoms with Crippen molar-refractivity contribution in [3.8, 4) is 0 Å². The number of carbonyl (C=O) groups is 2. The molecule has 2 aromatic rings. The second-order valence-corrected chi connectivity index (χ2v) is 6.06. The van der Waals surface area contributed by atoms with Gasteiger partial charge in [0, 0.05) is 20.0 Å². The first kappa shape index (κ1) is 19.6. The molecule has 2 aromatic carbocycles. The van der Waals surface area contributed by atoms with Gasteiger partial charge in [-0.3, -0.25) is 9.59 Å². The van der Waals surface area contributed by atoms with Crippen LogP contribution in [0.3, 0.4) is 0 Å². The molecule has 0 bridgehead atoms. The van der Waals surface area contributed by atoms with Crippen molar-refractivity contribution in [1.82, 2.24) is 10.6 Å². The average molecular weight is 360 g/mol. The molecule has 4 nitrogen and oxygen atoms in total. The zero-order chi connectivity index (χ0) is 18.9. The molecule has 1 unspecified atom stereocenters. The van der Waals surface area contributed by atoms with E-state index in [0.29, 0.717) is 31.5 Å². The molecule has 0 aliphatic carbocycles. The highest BCUT2D eigenvalue weighted by atomic mass is 19.1. The Hall–Kier alpha value is -2.76. The first-order chi connectivity index (χ1) is 12.5. The largest absolute Gasteiger partial charge is 0.356 e. The first-order valence-corrected chi connectivity index (χ1v) is 8.48. The summed E-state index contributed by atoms with van der Waals surface area (Å²) in [5.41, 5.74) is 1.50. The van der Waals surface area contributed by atoms with Crippen molar-refractivity contribution in [3.63, 3.8) is 0 Å². The molecule has 0 radical (unpaired) electrons. The zero-order valence-corrected chi connectivity index (χ0v) is 14.6. The predicted molar refractivity (Wildman–Crippen MR) is 95.6 cm³/mol. The molecule has 0 aromatic heterocycles. The fraction of sp³-hybridized carbons (Fsp3) is 0.300. The van der Waals surface area contributed by atoms with E-state index < -0.39 is 5.92 Å². The van der Waals surface area contributed by atoms with E-state index in [1.165, 1.54) is 31.2 Å². The van der Waals surface area contributed by atoms with Crippen LogP contribution >= 0.6 is 0 Å². The Morgan fingerprint density at radius 1 is 0.885 bits per heavy atom. The van der Waals surface area contributed by atoms with Gasteiger partial charge in [-0.15, -0.1) is 0 Å². The topological polar surface area (TPSA) is 58.2 Å². The minimum Gasteiger partial charge on any atom is -0.356 e. The lowest BCUT2D eigenvalue weighted by Crippen LogP contribution is -2.33. The molecule has 0 aliphatic heterocycles. The van der Waals surface area contributed by atoms with Crippen molar-refractivity contribution in [3.05, 3.63) is 71.3 Å². The summed E-state index contributed by atoms with van der Waals surface area (Å²) < 4.78 is 26.3. The fourth-order valence-electron chi connectivity index (χ4n) is 2.60. The number of amides is 2. The van der Waals surface area contributed by atoms with Crippen LogP contribution in [0.2, 0.25) is 0 Å². The Balaban J connectivity index is 2.04. The van der Waals surface area contributed by atoms with Gasteiger partial charge in [0.15, 0.2) is 0 Å². The number of benzene rings is 2. The molecule has 0 fully saturated rings. The summed E-state index contributed by atoms with van der Waals surface area (Å²) in [5, 5.41) is 5.51. The molecular weight excluding hydrogens is 338 g/mol. The highest BCUT2D eigenvalue weighted by molar-refractivity contribution is 5.84. The van der Waals surface area contributed by atoms with Crippen LogP contribution in [0.5, 0.6) is 0 Å². The van der Waals surface area contributed by atoms with E-state index >= 15 is 0 Å². The third kappa shape index (κ3) is 6.27. The smallest absolute Gasteiger partial charge is 0.227 e. The second kappa shape index (κ2) is 9.65. The molecular formula is C20H22F2N2O2. The first-order valence-electron chi connectivity index (χ1n) is 8.48. The molecule has 6 heteroatoms. The highest BCUT2D eigenvalue weighted by Gasteiger charge is 2.21. The molecule has 0 heterocycles. The quantitative estimate of drug-likeness (QED) is 0.711. The third-order valence-electron chi connectivity index (χ3n) is 3.97. The van der Waals surface area contributed by atoms with E-state index in [4.69, 9.17) is 0 Å². The standard InChI is InChI=1S/C20H22F2N2O2/c1-14(25)23-11-2-12-24-20(26)19(16-5-9-18(22)10-6-16)13-15-3-7-17(21)8-4-15/h3-10,19H,2,11-13H2,1H3,(H,23,25)(H,24,26). The van der Waals surface area contributed by atoms with Crippen molar-refractivity contribution in [2.75, 3.05) is 13.1 Å². The molecule has 0 aliphatic rings. The average Bonchev–Trinajstić information content (AvgIpc) is 2.61. The van der Waals surface area contributed by atoms with Crippen LogP contribution in [0.1, 0.15) is 30.4 Å². The maximum absolute atomic E-state index is 13.2. The maximum atomic E-state index is 13.2. The minimum absolute atomic E-state index is 0.114. The van der Waals surface area contributed by atoms with Gasteiger partial charge in [0.05, 0.1) is 5.92 Å². The Bertz CT molecular complexity index is 730. The summed E-state index contributed by atoms with van der Waals surface area (Å²) in [5.74, 6) is -1.53. The molecule has 26 heavy (non-hydrogen) atoms. The maximum Gasteiger partial charge on any atom is 0.227 e. The van der Waals surface area contributed by atoms with Gasteiger partial charge in [0.2, 0.25) is 11.8 Å². The van der Waals surface area contributed by atoms with Gasteiger partial charge in [-0.05, 0) is 48.2 Å². The van der Waals surface area contributed by atoms with Crippen LogP contribution in [-0.4, -0.2) is 24.9 Å². The molecule has 1 atom stereocenters. The van der Waals surface area contributed by atoms with Gasteiger partial charge >= 0.3 is 0 Å². The Labute approximate surface area is 151 Å². The second-order valence-electron chi connectivity index (χ2n) is 6.06. The van der Waals surface area contributed by atoms with Gasteiger partial charge in [-0.25, -0.2) is 8.78 Å². The Kier molecular flexibility index (Phi) is 7.26. The van der Waals surface area contributed by atoms with Crippen LogP contribution in [0, 0.1) is 11.6 Å². The lowest BCUT2D eigenvalue weighted by molar-refractivity contribution is -0.122. The van der Waals surface area contributed by atoms with Crippen LogP contribution in [0.15, 0.2) is 48.5 Å². The lowest BCUT2D eigenvalue weighted by Gasteiger charge is -2.18. The van der Waals surface area contributed by atoms with Crippen molar-refractivity contribution in [2.24, 2.45) is 0 Å². The van der Waals surface area contributed by atoms with Crippen LogP contribution in [0.25, 0.3) is 0 Å². The van der Waals surface area contributed by atoms with Gasteiger partial charge in [-0.2, -0.15) is 0 Å². The van der Waals surface area contributed by atoms with Gasteiger partial charge < -0.3 is 10.6 Å². The normalized spacial score (nSPS) is 11.7. The number of halogens is 2. The predicted octanol–water partition coefficient (Wildman–Crippen LogP) is 2.93. The Morgan fingerprint density at radius 3 is 2.00 bits per heavy atom. The molecule has 138 valence electrons. The SMILES string of the molecule is CC(=O)NCCCNC(=O)C(Cc1ccc(F)cc1)c1ccc(F)cc1. The molecule has 2 rings (SSSR count). The van der Waals surface area contributed by atoms with E-state index in [0.717, 1.165) is 5.56 Å². The number of carbonyl (C=O) groups excluding carboxylic acids is 2. The van der Waals surface area contributed by atoms with E-state index in [-0.39, 0.29) is 23.4 Å². The summed E-state index contributed by atoms with van der Waals surface area (Å²) in [6, 6.07) is 11.8. The fourth-order valence-corrected chi connectivity index (χ4v) is 2.60. The van der Waals surface area contributed by atoms with E-state index in [1.807, 2.05) is 0 Å². The van der Waals surface area contributed by atoms with Gasteiger partial charge in [-0.1, -0.05) is 24.3 Å². The monoisotopic (exact) mass is 360 g/mol. The summed E-state index contributed by atoms with van der Waals surface area (Å²) >= 11 is 0. The Morgan fingerprint density at radius 2 is 1.42 bits per heavy atom.